The third-order valence-electron chi connectivity index (χ3n) is 6.63. The first-order valence-corrected chi connectivity index (χ1v) is 11.9. The number of ether oxygens (including phenoxy) is 1. The van der Waals surface area contributed by atoms with Crippen LogP contribution in [0, 0.1) is 11.7 Å². The molecule has 2 saturated heterocycles. The van der Waals surface area contributed by atoms with E-state index in [9.17, 15) is 14.0 Å². The van der Waals surface area contributed by atoms with Crippen molar-refractivity contribution in [2.75, 3.05) is 37.7 Å². The van der Waals surface area contributed by atoms with E-state index in [1.54, 1.807) is 12.1 Å². The molecule has 34 heavy (non-hydrogen) atoms. The van der Waals surface area contributed by atoms with Crippen molar-refractivity contribution >= 4 is 17.7 Å². The number of amides is 2. The van der Waals surface area contributed by atoms with E-state index in [2.05, 4.69) is 10.2 Å². The van der Waals surface area contributed by atoms with Crippen molar-refractivity contribution in [1.29, 1.82) is 0 Å². The number of cyclic esters (lactones) is 1. The number of anilines is 1. The standard InChI is InChI=1S/C26H32FN3O4/c1-18(32)28-15-23-17-30(26(33)34-23)22-6-7-24(25(27)14-22)21-4-2-20(3-5-21)16-29-11-8-19(9-12-29)10-13-31/h2-7,14,19,23,31H,8-13,15-17H2,1H3,(H,28,32)/t23-/m0/s1. The summed E-state index contributed by atoms with van der Waals surface area (Å²) >= 11 is 0. The summed E-state index contributed by atoms with van der Waals surface area (Å²) in [5.41, 5.74) is 2.87. The van der Waals surface area contributed by atoms with Crippen molar-refractivity contribution in [3.63, 3.8) is 0 Å². The summed E-state index contributed by atoms with van der Waals surface area (Å²) < 4.78 is 20.2. The molecule has 2 aliphatic rings. The van der Waals surface area contributed by atoms with Gasteiger partial charge in [-0.3, -0.25) is 14.6 Å². The number of nitrogens with zero attached hydrogens (tertiary/aromatic N) is 2. The summed E-state index contributed by atoms with van der Waals surface area (Å²) in [5, 5.41) is 11.7. The van der Waals surface area contributed by atoms with Gasteiger partial charge in [-0.25, -0.2) is 9.18 Å². The molecule has 2 aromatic carbocycles. The lowest BCUT2D eigenvalue weighted by Gasteiger charge is -2.31. The Labute approximate surface area is 199 Å². The van der Waals surface area contributed by atoms with E-state index in [-0.39, 0.29) is 25.6 Å². The zero-order valence-electron chi connectivity index (χ0n) is 19.5. The van der Waals surface area contributed by atoms with Crippen LogP contribution in [0.3, 0.4) is 0 Å². The molecule has 0 bridgehead atoms. The van der Waals surface area contributed by atoms with Gasteiger partial charge in [-0.1, -0.05) is 24.3 Å². The lowest BCUT2D eigenvalue weighted by Crippen LogP contribution is -2.33. The lowest BCUT2D eigenvalue weighted by molar-refractivity contribution is -0.119. The average molecular weight is 470 g/mol. The minimum absolute atomic E-state index is 0.196. The van der Waals surface area contributed by atoms with Crippen LogP contribution in [0.4, 0.5) is 14.9 Å². The molecule has 2 aliphatic heterocycles. The molecule has 8 heteroatoms. The number of rotatable bonds is 8. The van der Waals surface area contributed by atoms with Gasteiger partial charge in [0.15, 0.2) is 0 Å². The molecular weight excluding hydrogens is 437 g/mol. The molecule has 0 aromatic heterocycles. The van der Waals surface area contributed by atoms with Crippen LogP contribution in [0.25, 0.3) is 11.1 Å². The number of nitrogens with one attached hydrogen (secondary N) is 1. The van der Waals surface area contributed by atoms with Gasteiger partial charge in [0.2, 0.25) is 5.91 Å². The summed E-state index contributed by atoms with van der Waals surface area (Å²) in [6, 6.07) is 12.7. The molecular formula is C26H32FN3O4. The highest BCUT2D eigenvalue weighted by Crippen LogP contribution is 2.30. The van der Waals surface area contributed by atoms with Crippen molar-refractivity contribution in [2.24, 2.45) is 5.92 Å². The zero-order chi connectivity index (χ0) is 24.1. The van der Waals surface area contributed by atoms with Crippen LogP contribution in [0.1, 0.15) is 31.7 Å². The summed E-state index contributed by atoms with van der Waals surface area (Å²) in [6.45, 7) is 5.09. The highest BCUT2D eigenvalue weighted by atomic mass is 19.1. The van der Waals surface area contributed by atoms with E-state index < -0.39 is 18.0 Å². The fourth-order valence-corrected chi connectivity index (χ4v) is 4.67. The van der Waals surface area contributed by atoms with Gasteiger partial charge in [-0.15, -0.1) is 0 Å². The Bertz CT molecular complexity index is 1010. The molecule has 1 atom stereocenters. The van der Waals surface area contributed by atoms with Crippen LogP contribution in [0.15, 0.2) is 42.5 Å². The maximum absolute atomic E-state index is 15.0. The molecule has 0 radical (unpaired) electrons. The van der Waals surface area contributed by atoms with Gasteiger partial charge in [-0.2, -0.15) is 0 Å². The molecule has 0 saturated carbocycles. The molecule has 2 heterocycles. The van der Waals surface area contributed by atoms with Crippen molar-refractivity contribution in [3.05, 3.63) is 53.8 Å². The Morgan fingerprint density at radius 1 is 1.18 bits per heavy atom. The molecule has 2 N–H and O–H groups in total. The zero-order valence-corrected chi connectivity index (χ0v) is 19.5. The first-order valence-electron chi connectivity index (χ1n) is 11.9. The van der Waals surface area contributed by atoms with E-state index in [1.165, 1.54) is 23.5 Å². The third kappa shape index (κ3) is 5.93. The van der Waals surface area contributed by atoms with Gasteiger partial charge in [0, 0.05) is 25.6 Å². The molecule has 2 aromatic rings. The molecule has 0 unspecified atom stereocenters. The summed E-state index contributed by atoms with van der Waals surface area (Å²) in [7, 11) is 0. The van der Waals surface area contributed by atoms with Crippen LogP contribution >= 0.6 is 0 Å². The second kappa shape index (κ2) is 11.0. The third-order valence-corrected chi connectivity index (χ3v) is 6.63. The molecule has 0 aliphatic carbocycles. The Kier molecular flexibility index (Phi) is 7.80. The van der Waals surface area contributed by atoms with E-state index in [0.29, 0.717) is 17.2 Å². The molecule has 7 nitrogen and oxygen atoms in total. The first-order chi connectivity index (χ1) is 16.4. The van der Waals surface area contributed by atoms with Gasteiger partial charge in [0.1, 0.15) is 11.9 Å². The fourth-order valence-electron chi connectivity index (χ4n) is 4.67. The second-order valence-electron chi connectivity index (χ2n) is 9.15. The number of aliphatic hydroxyl groups is 1. The largest absolute Gasteiger partial charge is 0.442 e. The van der Waals surface area contributed by atoms with E-state index in [0.717, 1.165) is 44.5 Å². The molecule has 182 valence electrons. The van der Waals surface area contributed by atoms with Crippen LogP contribution < -0.4 is 10.2 Å². The summed E-state index contributed by atoms with van der Waals surface area (Å²) in [4.78, 5) is 27.1. The smallest absolute Gasteiger partial charge is 0.414 e. The second-order valence-corrected chi connectivity index (χ2v) is 9.15. The Morgan fingerprint density at radius 3 is 2.56 bits per heavy atom. The van der Waals surface area contributed by atoms with Gasteiger partial charge in [0.25, 0.3) is 0 Å². The monoisotopic (exact) mass is 469 g/mol. The maximum atomic E-state index is 15.0. The van der Waals surface area contributed by atoms with Gasteiger partial charge in [-0.05, 0) is 67.6 Å². The Balaban J connectivity index is 1.37. The van der Waals surface area contributed by atoms with Gasteiger partial charge in [0.05, 0.1) is 18.8 Å². The van der Waals surface area contributed by atoms with Crippen LogP contribution in [-0.4, -0.2) is 60.9 Å². The van der Waals surface area contributed by atoms with Crippen molar-refractivity contribution in [3.8, 4) is 11.1 Å². The minimum atomic E-state index is -0.549. The Morgan fingerprint density at radius 2 is 1.91 bits per heavy atom. The average Bonchev–Trinajstić information content (AvgIpc) is 3.20. The quantitative estimate of drug-likeness (QED) is 0.618. The predicted molar refractivity (Wildman–Crippen MR) is 128 cm³/mol. The number of benzene rings is 2. The molecule has 2 amide bonds. The van der Waals surface area contributed by atoms with E-state index in [4.69, 9.17) is 9.84 Å². The summed E-state index contributed by atoms with van der Waals surface area (Å²) in [6.07, 6.45) is 2.12. The maximum Gasteiger partial charge on any atom is 0.414 e. The Hall–Kier alpha value is -2.97. The number of carbonyl (C=O) groups excluding carboxylic acids is 2. The van der Waals surface area contributed by atoms with Gasteiger partial charge >= 0.3 is 6.09 Å². The topological polar surface area (TPSA) is 82.1 Å². The van der Waals surface area contributed by atoms with Crippen molar-refractivity contribution in [1.82, 2.24) is 10.2 Å². The number of carbonyl (C=O) groups is 2. The highest BCUT2D eigenvalue weighted by molar-refractivity contribution is 5.90. The molecule has 2 fully saturated rings. The first kappa shape index (κ1) is 24.2. The SMILES string of the molecule is CC(=O)NC[C@H]1CN(c2ccc(-c3ccc(CN4CCC(CCO)CC4)cc3)c(F)c2)C(=O)O1. The summed E-state index contributed by atoms with van der Waals surface area (Å²) in [5.74, 6) is 0.0212. The number of hydrogen-bond donors (Lipinski definition) is 2. The number of aliphatic hydroxyl groups excluding tert-OH is 1. The number of likely N-dealkylation sites (tertiary alicyclic amines) is 1. The molecule has 4 rings (SSSR count). The van der Waals surface area contributed by atoms with Gasteiger partial charge < -0.3 is 15.2 Å². The lowest BCUT2D eigenvalue weighted by atomic mass is 9.93. The van der Waals surface area contributed by atoms with Crippen molar-refractivity contribution < 1.29 is 23.8 Å². The number of halogens is 1. The van der Waals surface area contributed by atoms with Crippen molar-refractivity contribution in [2.45, 2.75) is 38.8 Å². The number of piperidine rings is 1. The van der Waals surface area contributed by atoms with E-state index >= 15 is 0 Å². The van der Waals surface area contributed by atoms with E-state index in [1.807, 2.05) is 24.3 Å². The molecule has 0 spiro atoms. The fraction of sp³-hybridized carbons (Fsp3) is 0.462. The van der Waals surface area contributed by atoms with Crippen LogP contribution in [-0.2, 0) is 16.1 Å². The van der Waals surface area contributed by atoms with Crippen LogP contribution in [0.2, 0.25) is 0 Å². The minimum Gasteiger partial charge on any atom is -0.442 e. The normalized spacial score (nSPS) is 19.3. The highest BCUT2D eigenvalue weighted by Gasteiger charge is 2.32. The number of hydrogen-bond acceptors (Lipinski definition) is 5. The predicted octanol–water partition coefficient (Wildman–Crippen LogP) is 3.55. The van der Waals surface area contributed by atoms with Crippen LogP contribution in [0.5, 0.6) is 0 Å².